The van der Waals surface area contributed by atoms with Gasteiger partial charge < -0.3 is 10.1 Å². The molecule has 1 amide bonds. The van der Waals surface area contributed by atoms with E-state index in [0.29, 0.717) is 28.8 Å². The van der Waals surface area contributed by atoms with Crippen LogP contribution < -0.4 is 10.1 Å². The number of amides is 1. The molecule has 0 saturated carbocycles. The summed E-state index contributed by atoms with van der Waals surface area (Å²) in [5.74, 6) is 0.0961. The first-order valence-electron chi connectivity index (χ1n) is 9.14. The van der Waals surface area contributed by atoms with Gasteiger partial charge in [0.1, 0.15) is 5.75 Å². The lowest BCUT2D eigenvalue weighted by atomic mass is 10.2. The largest absolute Gasteiger partial charge is 0.435 e. The van der Waals surface area contributed by atoms with E-state index in [9.17, 15) is 23.7 Å². The molecule has 32 heavy (non-hydrogen) atoms. The van der Waals surface area contributed by atoms with Gasteiger partial charge in [0.2, 0.25) is 5.91 Å². The number of carbonyl (C=O) groups excluding carboxylic acids is 1. The molecule has 0 aliphatic heterocycles. The summed E-state index contributed by atoms with van der Waals surface area (Å²) < 4.78 is 30.7. The Kier molecular flexibility index (Phi) is 7.49. The first-order valence-corrected chi connectivity index (χ1v) is 10.1. The van der Waals surface area contributed by atoms with Gasteiger partial charge in [-0.25, -0.2) is 0 Å². The molecular formula is C20H17F2N5O4S. The first-order chi connectivity index (χ1) is 15.4. The van der Waals surface area contributed by atoms with Crippen molar-refractivity contribution in [3.05, 3.63) is 71.3 Å². The summed E-state index contributed by atoms with van der Waals surface area (Å²) in [6, 6.07) is 11.6. The van der Waals surface area contributed by atoms with Gasteiger partial charge in [-0.2, -0.15) is 8.78 Å². The minimum absolute atomic E-state index is 0.0147. The van der Waals surface area contributed by atoms with Crippen LogP contribution in [0.15, 0.2) is 66.3 Å². The maximum Gasteiger partial charge on any atom is 0.387 e. The normalized spacial score (nSPS) is 10.7. The van der Waals surface area contributed by atoms with Gasteiger partial charge in [0.05, 0.1) is 10.7 Å². The minimum Gasteiger partial charge on any atom is -0.435 e. The van der Waals surface area contributed by atoms with E-state index in [1.165, 1.54) is 30.3 Å². The minimum atomic E-state index is -2.92. The number of hydrogen-bond acceptors (Lipinski definition) is 7. The molecule has 3 rings (SSSR count). The second kappa shape index (κ2) is 10.5. The molecule has 0 atom stereocenters. The molecule has 1 aromatic heterocycles. The Labute approximate surface area is 185 Å². The van der Waals surface area contributed by atoms with Crippen molar-refractivity contribution in [2.45, 2.75) is 18.3 Å². The Morgan fingerprint density at radius 3 is 2.69 bits per heavy atom. The second-order valence-electron chi connectivity index (χ2n) is 6.25. The summed E-state index contributed by atoms with van der Waals surface area (Å²) in [5.41, 5.74) is 0.800. The van der Waals surface area contributed by atoms with Gasteiger partial charge in [0.25, 0.3) is 5.69 Å². The summed E-state index contributed by atoms with van der Waals surface area (Å²) in [6.45, 7) is 1.15. The molecule has 3 aromatic rings. The number of nitro groups is 1. The summed E-state index contributed by atoms with van der Waals surface area (Å²) in [7, 11) is 0. The average molecular weight is 461 g/mol. The van der Waals surface area contributed by atoms with Gasteiger partial charge in [-0.05, 0) is 30.3 Å². The SMILES string of the molecule is C=CCn1c(SCC(=O)Nc2cccc([N+](=O)[O-])c2)nnc1-c1ccc(OC(F)F)cc1. The van der Waals surface area contributed by atoms with Crippen LogP contribution in [0.3, 0.4) is 0 Å². The third-order valence-electron chi connectivity index (χ3n) is 4.04. The summed E-state index contributed by atoms with van der Waals surface area (Å²) in [4.78, 5) is 22.6. The van der Waals surface area contributed by atoms with Crippen molar-refractivity contribution in [2.24, 2.45) is 0 Å². The number of nitrogens with one attached hydrogen (secondary N) is 1. The molecule has 0 saturated heterocycles. The van der Waals surface area contributed by atoms with Crippen LogP contribution in [-0.2, 0) is 11.3 Å². The number of nitro benzene ring substituents is 1. The maximum atomic E-state index is 12.3. The number of allylic oxidation sites excluding steroid dienone is 1. The molecule has 1 N–H and O–H groups in total. The lowest BCUT2D eigenvalue weighted by molar-refractivity contribution is -0.384. The van der Waals surface area contributed by atoms with E-state index in [2.05, 4.69) is 26.8 Å². The average Bonchev–Trinajstić information content (AvgIpc) is 3.15. The third-order valence-corrected chi connectivity index (χ3v) is 5.01. The zero-order valence-corrected chi connectivity index (χ0v) is 17.3. The Morgan fingerprint density at radius 2 is 2.03 bits per heavy atom. The number of halogens is 2. The molecule has 0 radical (unpaired) electrons. The molecule has 166 valence electrons. The van der Waals surface area contributed by atoms with Crippen molar-refractivity contribution in [1.29, 1.82) is 0 Å². The monoisotopic (exact) mass is 461 g/mol. The van der Waals surface area contributed by atoms with E-state index < -0.39 is 11.5 Å². The lowest BCUT2D eigenvalue weighted by Gasteiger charge is -2.09. The highest BCUT2D eigenvalue weighted by atomic mass is 32.2. The number of benzene rings is 2. The van der Waals surface area contributed by atoms with Crippen molar-refractivity contribution in [1.82, 2.24) is 14.8 Å². The molecule has 1 heterocycles. The van der Waals surface area contributed by atoms with Gasteiger partial charge in [0.15, 0.2) is 11.0 Å². The number of alkyl halides is 2. The number of anilines is 1. The van der Waals surface area contributed by atoms with E-state index in [0.717, 1.165) is 11.8 Å². The molecular weight excluding hydrogens is 444 g/mol. The van der Waals surface area contributed by atoms with E-state index in [4.69, 9.17) is 0 Å². The van der Waals surface area contributed by atoms with Crippen LogP contribution >= 0.6 is 11.8 Å². The summed E-state index contributed by atoms with van der Waals surface area (Å²) >= 11 is 1.12. The van der Waals surface area contributed by atoms with Gasteiger partial charge in [0, 0.05) is 29.9 Å². The molecule has 2 aromatic carbocycles. The number of non-ortho nitro benzene ring substituents is 1. The van der Waals surface area contributed by atoms with Crippen LogP contribution in [-0.4, -0.2) is 38.0 Å². The van der Waals surface area contributed by atoms with Crippen molar-refractivity contribution in [3.63, 3.8) is 0 Å². The maximum absolute atomic E-state index is 12.3. The predicted octanol–water partition coefficient (Wildman–Crippen LogP) is 4.37. The van der Waals surface area contributed by atoms with E-state index >= 15 is 0 Å². The van der Waals surface area contributed by atoms with Crippen LogP contribution in [0, 0.1) is 10.1 Å². The van der Waals surface area contributed by atoms with Crippen LogP contribution in [0.25, 0.3) is 11.4 Å². The Bertz CT molecular complexity index is 1120. The van der Waals surface area contributed by atoms with Gasteiger partial charge in [-0.3, -0.25) is 19.5 Å². The highest BCUT2D eigenvalue weighted by Crippen LogP contribution is 2.26. The van der Waals surface area contributed by atoms with Gasteiger partial charge >= 0.3 is 6.61 Å². The lowest BCUT2D eigenvalue weighted by Crippen LogP contribution is -2.14. The van der Waals surface area contributed by atoms with Crippen LogP contribution in [0.4, 0.5) is 20.2 Å². The molecule has 9 nitrogen and oxygen atoms in total. The van der Waals surface area contributed by atoms with Crippen molar-refractivity contribution >= 4 is 29.0 Å². The number of thioether (sulfide) groups is 1. The highest BCUT2D eigenvalue weighted by molar-refractivity contribution is 7.99. The van der Waals surface area contributed by atoms with Crippen LogP contribution in [0.5, 0.6) is 5.75 Å². The fourth-order valence-electron chi connectivity index (χ4n) is 2.71. The van der Waals surface area contributed by atoms with Crippen LogP contribution in [0.1, 0.15) is 0 Å². The van der Waals surface area contributed by atoms with E-state index in [-0.39, 0.29) is 23.1 Å². The Balaban J connectivity index is 1.70. The number of hydrogen-bond donors (Lipinski definition) is 1. The number of nitrogens with zero attached hydrogens (tertiary/aromatic N) is 4. The zero-order valence-electron chi connectivity index (χ0n) is 16.5. The molecule has 12 heteroatoms. The van der Waals surface area contributed by atoms with E-state index in [1.54, 1.807) is 28.8 Å². The number of carbonyl (C=O) groups is 1. The van der Waals surface area contributed by atoms with Gasteiger partial charge in [-0.15, -0.1) is 16.8 Å². The van der Waals surface area contributed by atoms with Crippen LogP contribution in [0.2, 0.25) is 0 Å². The molecule has 0 aliphatic rings. The van der Waals surface area contributed by atoms with E-state index in [1.807, 2.05) is 0 Å². The van der Waals surface area contributed by atoms with Gasteiger partial charge in [-0.1, -0.05) is 23.9 Å². The van der Waals surface area contributed by atoms with Crippen molar-refractivity contribution < 1.29 is 23.2 Å². The Morgan fingerprint density at radius 1 is 1.28 bits per heavy atom. The highest BCUT2D eigenvalue weighted by Gasteiger charge is 2.16. The number of ether oxygens (including phenoxy) is 1. The molecule has 0 unspecified atom stereocenters. The smallest absolute Gasteiger partial charge is 0.387 e. The quantitative estimate of drug-likeness (QED) is 0.206. The zero-order chi connectivity index (χ0) is 23.1. The fraction of sp³-hybridized carbons (Fsp3) is 0.150. The number of aromatic nitrogens is 3. The standard InChI is InChI=1S/C20H17F2N5O4S/c1-2-10-26-18(13-6-8-16(9-7-13)31-19(21)22)24-25-20(26)32-12-17(28)23-14-4-3-5-15(11-14)27(29)30/h2-9,11,19H,1,10,12H2,(H,23,28). The summed E-state index contributed by atoms with van der Waals surface area (Å²) in [5, 5.41) is 22.1. The Hall–Kier alpha value is -3.80. The van der Waals surface area contributed by atoms with Crippen molar-refractivity contribution in [2.75, 3.05) is 11.1 Å². The molecule has 0 fully saturated rings. The number of rotatable bonds is 10. The summed E-state index contributed by atoms with van der Waals surface area (Å²) in [6.07, 6.45) is 1.63. The molecule has 0 aliphatic carbocycles. The predicted molar refractivity (Wildman–Crippen MR) is 115 cm³/mol. The second-order valence-corrected chi connectivity index (χ2v) is 7.20. The first kappa shape index (κ1) is 22.9. The molecule has 0 spiro atoms. The third kappa shape index (κ3) is 5.88. The molecule has 0 bridgehead atoms. The topological polar surface area (TPSA) is 112 Å². The fourth-order valence-corrected chi connectivity index (χ4v) is 3.46. The van der Waals surface area contributed by atoms with Crippen molar-refractivity contribution in [3.8, 4) is 17.1 Å².